The van der Waals surface area contributed by atoms with Gasteiger partial charge in [0, 0.05) is 14.1 Å². The van der Waals surface area contributed by atoms with E-state index in [4.69, 9.17) is 16.7 Å². The highest BCUT2D eigenvalue weighted by Crippen LogP contribution is 2.24. The van der Waals surface area contributed by atoms with Crippen LogP contribution in [0.1, 0.15) is 10.4 Å². The molecule has 0 spiro atoms. The van der Waals surface area contributed by atoms with Gasteiger partial charge in [0.25, 0.3) is 0 Å². The number of urea groups is 1. The maximum absolute atomic E-state index is 11.4. The zero-order valence-corrected chi connectivity index (χ0v) is 10.1. The summed E-state index contributed by atoms with van der Waals surface area (Å²) >= 11 is 5.75. The summed E-state index contributed by atoms with van der Waals surface area (Å²) in [5.74, 6) is -1.20. The molecule has 0 aliphatic rings. The molecular weight excluding hydrogens is 246 g/mol. The van der Waals surface area contributed by atoms with Crippen molar-refractivity contribution >= 4 is 29.3 Å². The van der Waals surface area contributed by atoms with Gasteiger partial charge in [-0.15, -0.1) is 0 Å². The molecule has 1 aromatic carbocycles. The van der Waals surface area contributed by atoms with Crippen LogP contribution in [-0.4, -0.2) is 36.2 Å². The van der Waals surface area contributed by atoms with E-state index in [2.05, 4.69) is 10.7 Å². The smallest absolute Gasteiger partial charge is 0.339 e. The summed E-state index contributed by atoms with van der Waals surface area (Å²) in [6.45, 7) is 0. The zero-order chi connectivity index (χ0) is 13.0. The van der Waals surface area contributed by atoms with Crippen molar-refractivity contribution in [2.24, 2.45) is 0 Å². The minimum absolute atomic E-state index is 0.0696. The van der Waals surface area contributed by atoms with Crippen LogP contribution in [0.2, 0.25) is 5.02 Å². The number of nitrogens with zero attached hydrogens (tertiary/aromatic N) is 1. The number of nitrogens with one attached hydrogen (secondary N) is 2. The number of carboxylic acid groups (broad SMARTS) is 1. The number of aromatic carboxylic acids is 1. The number of hydrazine groups is 1. The Bertz CT molecular complexity index is 448. The molecule has 6 nitrogen and oxygen atoms in total. The van der Waals surface area contributed by atoms with Gasteiger partial charge in [-0.25, -0.2) is 14.6 Å². The average molecular weight is 258 g/mol. The first kappa shape index (κ1) is 13.3. The Hall–Kier alpha value is -1.79. The molecule has 0 unspecified atom stereocenters. The van der Waals surface area contributed by atoms with Crippen molar-refractivity contribution in [3.05, 3.63) is 28.8 Å². The number of halogens is 1. The van der Waals surface area contributed by atoms with Gasteiger partial charge in [-0.05, 0) is 12.1 Å². The molecule has 3 N–H and O–H groups in total. The lowest BCUT2D eigenvalue weighted by molar-refractivity contribution is 0.0698. The Morgan fingerprint density at radius 3 is 2.53 bits per heavy atom. The summed E-state index contributed by atoms with van der Waals surface area (Å²) in [4.78, 5) is 22.4. The molecule has 17 heavy (non-hydrogen) atoms. The van der Waals surface area contributed by atoms with Crippen molar-refractivity contribution in [1.82, 2.24) is 10.4 Å². The number of rotatable bonds is 3. The maximum Gasteiger partial charge on any atom is 0.339 e. The van der Waals surface area contributed by atoms with E-state index in [0.29, 0.717) is 0 Å². The largest absolute Gasteiger partial charge is 0.478 e. The summed E-state index contributed by atoms with van der Waals surface area (Å²) in [7, 11) is 3.27. The van der Waals surface area contributed by atoms with Crippen LogP contribution >= 0.6 is 11.6 Å². The fourth-order valence-electron chi connectivity index (χ4n) is 1.20. The highest BCUT2D eigenvalue weighted by atomic mass is 35.5. The van der Waals surface area contributed by atoms with Crippen LogP contribution in [0.4, 0.5) is 10.5 Å². The normalized spacial score (nSPS) is 10.1. The first-order valence-corrected chi connectivity index (χ1v) is 5.06. The number of carboxylic acids is 1. The summed E-state index contributed by atoms with van der Waals surface area (Å²) in [5.41, 5.74) is 2.43. The van der Waals surface area contributed by atoms with Gasteiger partial charge in [0.15, 0.2) is 0 Å². The molecule has 0 atom stereocenters. The second-order valence-corrected chi connectivity index (χ2v) is 3.84. The molecule has 0 saturated heterocycles. The van der Waals surface area contributed by atoms with E-state index in [0.717, 1.165) is 0 Å². The van der Waals surface area contributed by atoms with Gasteiger partial charge in [-0.2, -0.15) is 0 Å². The summed E-state index contributed by atoms with van der Waals surface area (Å²) in [5, 5.41) is 12.9. The van der Waals surface area contributed by atoms with Crippen molar-refractivity contribution in [1.29, 1.82) is 0 Å². The SMILES string of the molecule is CN(C)NC(=O)Nc1cccc(Cl)c1C(=O)O. The molecule has 1 rings (SSSR count). The number of hydrogen-bond donors (Lipinski definition) is 3. The van der Waals surface area contributed by atoms with E-state index >= 15 is 0 Å². The molecule has 1 aromatic rings. The molecule has 0 saturated carbocycles. The van der Waals surface area contributed by atoms with Gasteiger partial charge in [-0.1, -0.05) is 17.7 Å². The molecule has 92 valence electrons. The molecular formula is C10H12ClN3O3. The third kappa shape index (κ3) is 3.61. The first-order valence-electron chi connectivity index (χ1n) is 4.68. The van der Waals surface area contributed by atoms with Crippen molar-refractivity contribution in [2.45, 2.75) is 0 Å². The average Bonchev–Trinajstić information content (AvgIpc) is 2.15. The van der Waals surface area contributed by atoms with E-state index in [1.54, 1.807) is 20.2 Å². The van der Waals surface area contributed by atoms with Gasteiger partial charge in [0.2, 0.25) is 0 Å². The maximum atomic E-state index is 11.4. The summed E-state index contributed by atoms with van der Waals surface area (Å²) < 4.78 is 0. The third-order valence-electron chi connectivity index (χ3n) is 1.80. The van der Waals surface area contributed by atoms with Crippen LogP contribution < -0.4 is 10.7 Å². The standard InChI is InChI=1S/C10H12ClN3O3/c1-14(2)13-10(17)12-7-5-3-4-6(11)8(7)9(15)16/h3-5H,1-2H3,(H,15,16)(H2,12,13,17). The number of anilines is 1. The molecule has 2 amide bonds. The van der Waals surface area contributed by atoms with Crippen molar-refractivity contribution < 1.29 is 14.7 Å². The van der Waals surface area contributed by atoms with Crippen LogP contribution in [0.5, 0.6) is 0 Å². The van der Waals surface area contributed by atoms with Crippen molar-refractivity contribution in [2.75, 3.05) is 19.4 Å². The van der Waals surface area contributed by atoms with Crippen LogP contribution in [0.25, 0.3) is 0 Å². The Morgan fingerprint density at radius 1 is 1.35 bits per heavy atom. The Kier molecular flexibility index (Phi) is 4.30. The molecule has 0 radical (unpaired) electrons. The fourth-order valence-corrected chi connectivity index (χ4v) is 1.45. The molecule has 0 aliphatic carbocycles. The molecule has 0 aliphatic heterocycles. The minimum atomic E-state index is -1.20. The van der Waals surface area contributed by atoms with E-state index < -0.39 is 12.0 Å². The zero-order valence-electron chi connectivity index (χ0n) is 9.32. The van der Waals surface area contributed by atoms with Gasteiger partial charge < -0.3 is 10.4 Å². The monoisotopic (exact) mass is 257 g/mol. The highest BCUT2D eigenvalue weighted by Gasteiger charge is 2.15. The number of amides is 2. The van der Waals surface area contributed by atoms with E-state index in [-0.39, 0.29) is 16.3 Å². The number of benzene rings is 1. The van der Waals surface area contributed by atoms with E-state index in [1.165, 1.54) is 17.1 Å². The lowest BCUT2D eigenvalue weighted by Crippen LogP contribution is -2.39. The topological polar surface area (TPSA) is 81.7 Å². The predicted octanol–water partition coefficient (Wildman–Crippen LogP) is 1.64. The van der Waals surface area contributed by atoms with Crippen molar-refractivity contribution in [3.8, 4) is 0 Å². The second-order valence-electron chi connectivity index (χ2n) is 3.43. The second kappa shape index (κ2) is 5.51. The lowest BCUT2D eigenvalue weighted by atomic mass is 10.2. The Labute approximate surface area is 103 Å². The van der Waals surface area contributed by atoms with E-state index in [1.807, 2.05) is 0 Å². The number of carbonyl (C=O) groups is 2. The highest BCUT2D eigenvalue weighted by molar-refractivity contribution is 6.34. The van der Waals surface area contributed by atoms with Crippen molar-refractivity contribution in [3.63, 3.8) is 0 Å². The van der Waals surface area contributed by atoms with Gasteiger partial charge in [0.05, 0.1) is 10.7 Å². The Balaban J connectivity index is 2.95. The van der Waals surface area contributed by atoms with Crippen LogP contribution in [0.15, 0.2) is 18.2 Å². The minimum Gasteiger partial charge on any atom is -0.478 e. The molecule has 0 heterocycles. The van der Waals surface area contributed by atoms with Crippen LogP contribution in [-0.2, 0) is 0 Å². The molecule has 0 bridgehead atoms. The number of carbonyl (C=O) groups excluding carboxylic acids is 1. The lowest BCUT2D eigenvalue weighted by Gasteiger charge is -2.14. The number of hydrogen-bond acceptors (Lipinski definition) is 3. The Morgan fingerprint density at radius 2 is 2.00 bits per heavy atom. The third-order valence-corrected chi connectivity index (χ3v) is 2.12. The molecule has 7 heteroatoms. The van der Waals surface area contributed by atoms with Gasteiger partial charge >= 0.3 is 12.0 Å². The summed E-state index contributed by atoms with van der Waals surface area (Å²) in [6.07, 6.45) is 0. The summed E-state index contributed by atoms with van der Waals surface area (Å²) in [6, 6.07) is 3.92. The van der Waals surface area contributed by atoms with Gasteiger partial charge in [-0.3, -0.25) is 5.43 Å². The van der Waals surface area contributed by atoms with Crippen LogP contribution in [0, 0.1) is 0 Å². The predicted molar refractivity (Wildman–Crippen MR) is 64.3 cm³/mol. The molecule has 0 fully saturated rings. The van der Waals surface area contributed by atoms with E-state index in [9.17, 15) is 9.59 Å². The molecule has 0 aromatic heterocycles. The quantitative estimate of drug-likeness (QED) is 0.719. The first-order chi connectivity index (χ1) is 7.91. The van der Waals surface area contributed by atoms with Gasteiger partial charge in [0.1, 0.15) is 5.56 Å². The van der Waals surface area contributed by atoms with Crippen LogP contribution in [0.3, 0.4) is 0 Å². The fraction of sp³-hybridized carbons (Fsp3) is 0.200.